The fourth-order valence-corrected chi connectivity index (χ4v) is 4.29. The number of hydrogen-bond acceptors (Lipinski definition) is 1. The van der Waals surface area contributed by atoms with Crippen LogP contribution in [0.4, 0.5) is 0 Å². The first kappa shape index (κ1) is 12.0. The number of ketones is 1. The second-order valence-corrected chi connectivity index (χ2v) is 6.00. The Bertz CT molecular complexity index is 462. The van der Waals surface area contributed by atoms with E-state index >= 15 is 0 Å². The van der Waals surface area contributed by atoms with Gasteiger partial charge in [0.25, 0.3) is 0 Å². The van der Waals surface area contributed by atoms with Gasteiger partial charge in [-0.3, -0.25) is 4.79 Å². The van der Waals surface area contributed by atoms with Crippen LogP contribution in [-0.4, -0.2) is 5.78 Å². The summed E-state index contributed by atoms with van der Waals surface area (Å²) in [5.74, 6) is 1.08. The molecule has 2 atom stereocenters. The molecule has 1 aromatic carbocycles. The van der Waals surface area contributed by atoms with E-state index in [1.807, 2.05) is 0 Å². The van der Waals surface area contributed by atoms with E-state index in [-0.39, 0.29) is 0 Å². The molecule has 0 bridgehead atoms. The van der Waals surface area contributed by atoms with Crippen LogP contribution in [0.1, 0.15) is 56.6 Å². The number of aryl methyl sites for hydroxylation is 1. The van der Waals surface area contributed by atoms with Crippen LogP contribution in [0.2, 0.25) is 0 Å². The third-order valence-corrected chi connectivity index (χ3v) is 5.29. The van der Waals surface area contributed by atoms with Crippen molar-refractivity contribution in [3.05, 3.63) is 35.4 Å². The third kappa shape index (κ3) is 1.72. The molecule has 1 nitrogen and oxygen atoms in total. The lowest BCUT2D eigenvalue weighted by Gasteiger charge is -2.43. The van der Waals surface area contributed by atoms with Gasteiger partial charge in [-0.1, -0.05) is 31.2 Å². The number of benzene rings is 1. The van der Waals surface area contributed by atoms with Gasteiger partial charge in [0.2, 0.25) is 0 Å². The van der Waals surface area contributed by atoms with Crippen molar-refractivity contribution in [3.63, 3.8) is 0 Å². The molecular weight excluding hydrogens is 220 g/mol. The van der Waals surface area contributed by atoms with Crippen LogP contribution in [0.15, 0.2) is 24.3 Å². The van der Waals surface area contributed by atoms with E-state index in [4.69, 9.17) is 0 Å². The largest absolute Gasteiger partial charge is 0.300 e. The quantitative estimate of drug-likeness (QED) is 0.726. The number of carbonyl (C=O) groups is 1. The Balaban J connectivity index is 2.11. The Labute approximate surface area is 110 Å². The van der Waals surface area contributed by atoms with Crippen molar-refractivity contribution in [2.45, 2.75) is 57.3 Å². The van der Waals surface area contributed by atoms with Crippen LogP contribution in [-0.2, 0) is 16.6 Å². The molecular formula is C17H22O. The summed E-state index contributed by atoms with van der Waals surface area (Å²) in [5, 5.41) is 0. The molecule has 2 aliphatic rings. The average molecular weight is 242 g/mol. The van der Waals surface area contributed by atoms with Crippen LogP contribution in [0.5, 0.6) is 0 Å². The fourth-order valence-electron chi connectivity index (χ4n) is 4.29. The number of fused-ring (bicyclic) bond motifs is 3. The molecule has 3 rings (SSSR count). The molecule has 1 fully saturated rings. The van der Waals surface area contributed by atoms with Crippen molar-refractivity contribution in [3.8, 4) is 0 Å². The Morgan fingerprint density at radius 3 is 2.94 bits per heavy atom. The monoisotopic (exact) mass is 242 g/mol. The standard InChI is InChI=1S/C17H22O/c1-2-17-11-10-15(18)12-14(17)8-5-7-13-6-3-4-9-16(13)17/h3-4,6,9,14H,2,5,7-8,10-12H2,1H3. The van der Waals surface area contributed by atoms with Crippen LogP contribution in [0.25, 0.3) is 0 Å². The third-order valence-electron chi connectivity index (χ3n) is 5.29. The highest BCUT2D eigenvalue weighted by Gasteiger charge is 2.44. The van der Waals surface area contributed by atoms with Gasteiger partial charge in [-0.05, 0) is 54.6 Å². The van der Waals surface area contributed by atoms with E-state index in [0.29, 0.717) is 17.1 Å². The molecule has 1 aromatic rings. The summed E-state index contributed by atoms with van der Waals surface area (Å²) in [6.07, 6.45) is 7.54. The van der Waals surface area contributed by atoms with Crippen molar-refractivity contribution in [2.24, 2.45) is 5.92 Å². The van der Waals surface area contributed by atoms with Gasteiger partial charge in [-0.25, -0.2) is 0 Å². The second kappa shape index (κ2) is 4.53. The maximum Gasteiger partial charge on any atom is 0.133 e. The maximum absolute atomic E-state index is 11.8. The number of Topliss-reactive ketones (excluding diaryl/α,β-unsaturated/α-hetero) is 1. The van der Waals surface area contributed by atoms with E-state index in [2.05, 4.69) is 31.2 Å². The van der Waals surface area contributed by atoms with E-state index in [1.54, 1.807) is 5.56 Å². The number of hydrogen-bond donors (Lipinski definition) is 0. The highest BCUT2D eigenvalue weighted by atomic mass is 16.1. The van der Waals surface area contributed by atoms with Crippen LogP contribution in [0.3, 0.4) is 0 Å². The van der Waals surface area contributed by atoms with Gasteiger partial charge in [0.05, 0.1) is 0 Å². The summed E-state index contributed by atoms with van der Waals surface area (Å²) in [4.78, 5) is 11.8. The first-order valence-electron chi connectivity index (χ1n) is 7.36. The lowest BCUT2D eigenvalue weighted by molar-refractivity contribution is -0.123. The summed E-state index contributed by atoms with van der Waals surface area (Å²) in [5.41, 5.74) is 3.39. The van der Waals surface area contributed by atoms with E-state index in [0.717, 1.165) is 19.3 Å². The van der Waals surface area contributed by atoms with Crippen LogP contribution >= 0.6 is 0 Å². The van der Waals surface area contributed by atoms with Crippen LogP contribution in [0, 0.1) is 5.92 Å². The molecule has 2 aliphatic carbocycles. The first-order valence-corrected chi connectivity index (χ1v) is 7.36. The summed E-state index contributed by atoms with van der Waals surface area (Å²) in [6, 6.07) is 8.96. The van der Waals surface area contributed by atoms with Crippen molar-refractivity contribution in [2.75, 3.05) is 0 Å². The zero-order valence-corrected chi connectivity index (χ0v) is 11.2. The maximum atomic E-state index is 11.8. The van der Waals surface area contributed by atoms with Crippen LogP contribution < -0.4 is 0 Å². The second-order valence-electron chi connectivity index (χ2n) is 6.00. The number of rotatable bonds is 1. The van der Waals surface area contributed by atoms with Gasteiger partial charge in [-0.2, -0.15) is 0 Å². The molecule has 0 radical (unpaired) electrons. The van der Waals surface area contributed by atoms with Gasteiger partial charge >= 0.3 is 0 Å². The normalized spacial score (nSPS) is 31.4. The molecule has 0 aromatic heterocycles. The Morgan fingerprint density at radius 1 is 1.28 bits per heavy atom. The molecule has 0 amide bonds. The minimum Gasteiger partial charge on any atom is -0.300 e. The minimum atomic E-state index is 0.293. The summed E-state index contributed by atoms with van der Waals surface area (Å²) >= 11 is 0. The minimum absolute atomic E-state index is 0.293. The molecule has 1 heteroatoms. The molecule has 0 aliphatic heterocycles. The fraction of sp³-hybridized carbons (Fsp3) is 0.588. The van der Waals surface area contributed by atoms with Crippen molar-refractivity contribution < 1.29 is 4.79 Å². The van der Waals surface area contributed by atoms with Gasteiger partial charge in [-0.15, -0.1) is 0 Å². The highest BCUT2D eigenvalue weighted by molar-refractivity contribution is 5.80. The van der Waals surface area contributed by atoms with E-state index in [9.17, 15) is 4.79 Å². The summed E-state index contributed by atoms with van der Waals surface area (Å²) < 4.78 is 0. The Hall–Kier alpha value is -1.11. The molecule has 1 saturated carbocycles. The molecule has 2 unspecified atom stereocenters. The van der Waals surface area contributed by atoms with Gasteiger partial charge in [0, 0.05) is 12.8 Å². The molecule has 18 heavy (non-hydrogen) atoms. The van der Waals surface area contributed by atoms with Gasteiger partial charge in [0.15, 0.2) is 0 Å². The lowest BCUT2D eigenvalue weighted by atomic mass is 9.60. The predicted molar refractivity (Wildman–Crippen MR) is 73.7 cm³/mol. The summed E-state index contributed by atoms with van der Waals surface area (Å²) in [6.45, 7) is 2.31. The highest BCUT2D eigenvalue weighted by Crippen LogP contribution is 2.50. The Morgan fingerprint density at radius 2 is 2.11 bits per heavy atom. The smallest absolute Gasteiger partial charge is 0.133 e. The zero-order chi connectivity index (χ0) is 12.6. The van der Waals surface area contributed by atoms with E-state index < -0.39 is 0 Å². The molecule has 0 saturated heterocycles. The average Bonchev–Trinajstić information content (AvgIpc) is 2.55. The molecule has 0 spiro atoms. The lowest BCUT2D eigenvalue weighted by Crippen LogP contribution is -2.40. The number of carbonyl (C=O) groups excluding carboxylic acids is 1. The molecule has 0 heterocycles. The molecule has 0 N–H and O–H groups in total. The molecule has 96 valence electrons. The predicted octanol–water partition coefficient (Wildman–Crippen LogP) is 4.04. The van der Waals surface area contributed by atoms with Gasteiger partial charge < -0.3 is 0 Å². The topological polar surface area (TPSA) is 17.1 Å². The summed E-state index contributed by atoms with van der Waals surface area (Å²) in [7, 11) is 0. The zero-order valence-electron chi connectivity index (χ0n) is 11.2. The van der Waals surface area contributed by atoms with Crippen molar-refractivity contribution in [1.29, 1.82) is 0 Å². The van der Waals surface area contributed by atoms with Crippen molar-refractivity contribution >= 4 is 5.78 Å². The Kier molecular flexibility index (Phi) is 3.01. The van der Waals surface area contributed by atoms with Gasteiger partial charge in [0.1, 0.15) is 5.78 Å². The SMILES string of the molecule is CCC12CCC(=O)CC1CCCc1ccccc12. The first-order chi connectivity index (χ1) is 8.76. The van der Waals surface area contributed by atoms with E-state index in [1.165, 1.54) is 31.2 Å². The van der Waals surface area contributed by atoms with Crippen molar-refractivity contribution in [1.82, 2.24) is 0 Å².